The first-order valence-corrected chi connectivity index (χ1v) is 7.56. The van der Waals surface area contributed by atoms with Gasteiger partial charge in [0.05, 0.1) is 0 Å². The summed E-state index contributed by atoms with van der Waals surface area (Å²) in [4.78, 5) is 0. The molecule has 0 radical (unpaired) electrons. The Morgan fingerprint density at radius 3 is 1.25 bits per heavy atom. The molecule has 0 aliphatic heterocycles. The highest BCUT2D eigenvalue weighted by Gasteiger charge is 2.09. The van der Waals surface area contributed by atoms with Crippen LogP contribution in [0.25, 0.3) is 0 Å². The van der Waals surface area contributed by atoms with Gasteiger partial charge in [-0.25, -0.2) is 0 Å². The predicted molar refractivity (Wildman–Crippen MR) is 77.9 cm³/mol. The third-order valence-electron chi connectivity index (χ3n) is 3.00. The molecule has 0 heteroatoms. The fourth-order valence-electron chi connectivity index (χ4n) is 1.98. The second kappa shape index (κ2) is 13.1. The largest absolute Gasteiger partial charge is 0.0683 e. The van der Waals surface area contributed by atoms with Crippen LogP contribution in [0.15, 0.2) is 0 Å². The van der Waals surface area contributed by atoms with E-state index in [2.05, 4.69) is 34.6 Å². The smallest absolute Gasteiger partial charge is 0.0414 e. The second-order valence-electron chi connectivity index (χ2n) is 5.60. The standard InChI is InChI=1S/C14H30.C2H6/c1-6-7-14(10-8-12(2)3)11-9-13(4)5;1-2/h12-14H,6-11H2,1-5H3;1-2H3. The molecule has 0 heterocycles. The van der Waals surface area contributed by atoms with Gasteiger partial charge in [-0.15, -0.1) is 0 Å². The molecule has 0 saturated carbocycles. The molecule has 0 N–H and O–H groups in total. The molecule has 0 aromatic heterocycles. The minimum absolute atomic E-state index is 0.883. The van der Waals surface area contributed by atoms with E-state index in [1.165, 1.54) is 38.5 Å². The normalized spacial score (nSPS) is 10.9. The highest BCUT2D eigenvalue weighted by molar-refractivity contribution is 4.62. The lowest BCUT2D eigenvalue weighted by atomic mass is 9.88. The number of hydrogen-bond acceptors (Lipinski definition) is 0. The highest BCUT2D eigenvalue weighted by atomic mass is 14.1. The van der Waals surface area contributed by atoms with Gasteiger partial charge in [-0.2, -0.15) is 0 Å². The van der Waals surface area contributed by atoms with Crippen molar-refractivity contribution in [1.29, 1.82) is 0 Å². The Morgan fingerprint density at radius 2 is 1.00 bits per heavy atom. The van der Waals surface area contributed by atoms with E-state index >= 15 is 0 Å². The van der Waals surface area contributed by atoms with Crippen LogP contribution < -0.4 is 0 Å². The molecule has 0 amide bonds. The SMILES string of the molecule is CC.CCCC(CCC(C)C)CCC(C)C. The molecule has 0 spiro atoms. The maximum atomic E-state index is 2.34. The van der Waals surface area contributed by atoms with Crippen molar-refractivity contribution in [2.45, 2.75) is 87.0 Å². The Kier molecular flexibility index (Phi) is 15.0. The Labute approximate surface area is 105 Å². The maximum Gasteiger partial charge on any atom is -0.0414 e. The van der Waals surface area contributed by atoms with Crippen LogP contribution >= 0.6 is 0 Å². The number of hydrogen-bond donors (Lipinski definition) is 0. The summed E-state index contributed by atoms with van der Waals surface area (Å²) in [6, 6.07) is 0. The molecule has 0 unspecified atom stereocenters. The van der Waals surface area contributed by atoms with Crippen LogP contribution in [0.5, 0.6) is 0 Å². The van der Waals surface area contributed by atoms with E-state index in [0.717, 1.165) is 17.8 Å². The van der Waals surface area contributed by atoms with Crippen molar-refractivity contribution in [1.82, 2.24) is 0 Å². The zero-order valence-electron chi connectivity index (χ0n) is 13.0. The van der Waals surface area contributed by atoms with Crippen molar-refractivity contribution in [3.05, 3.63) is 0 Å². The van der Waals surface area contributed by atoms with Gasteiger partial charge in [0, 0.05) is 0 Å². The molecule has 0 rings (SSSR count). The van der Waals surface area contributed by atoms with Gasteiger partial charge in [0.15, 0.2) is 0 Å². The lowest BCUT2D eigenvalue weighted by Crippen LogP contribution is -2.04. The van der Waals surface area contributed by atoms with Crippen LogP contribution in [0.2, 0.25) is 0 Å². The highest BCUT2D eigenvalue weighted by Crippen LogP contribution is 2.23. The molecule has 0 nitrogen and oxygen atoms in total. The molecule has 0 saturated heterocycles. The van der Waals surface area contributed by atoms with Crippen molar-refractivity contribution < 1.29 is 0 Å². The fourth-order valence-corrected chi connectivity index (χ4v) is 1.98. The molecular weight excluding hydrogens is 192 g/mol. The molecule has 16 heavy (non-hydrogen) atoms. The summed E-state index contributed by atoms with van der Waals surface area (Å²) >= 11 is 0. The van der Waals surface area contributed by atoms with Crippen LogP contribution in [-0.2, 0) is 0 Å². The molecule has 0 aromatic carbocycles. The topological polar surface area (TPSA) is 0 Å². The monoisotopic (exact) mass is 228 g/mol. The fraction of sp³-hybridized carbons (Fsp3) is 1.00. The van der Waals surface area contributed by atoms with Gasteiger partial charge >= 0.3 is 0 Å². The zero-order valence-corrected chi connectivity index (χ0v) is 13.0. The first-order chi connectivity index (χ1) is 7.56. The van der Waals surface area contributed by atoms with Gasteiger partial charge in [0.25, 0.3) is 0 Å². The Hall–Kier alpha value is 0. The van der Waals surface area contributed by atoms with Gasteiger partial charge in [-0.05, 0) is 17.8 Å². The first kappa shape index (κ1) is 18.4. The zero-order chi connectivity index (χ0) is 13.0. The van der Waals surface area contributed by atoms with Gasteiger partial charge < -0.3 is 0 Å². The van der Waals surface area contributed by atoms with Crippen LogP contribution in [0.4, 0.5) is 0 Å². The molecule has 0 fully saturated rings. The lowest BCUT2D eigenvalue weighted by molar-refractivity contribution is 0.348. The summed E-state index contributed by atoms with van der Waals surface area (Å²) in [5.74, 6) is 2.77. The van der Waals surface area contributed by atoms with E-state index < -0.39 is 0 Å². The molecule has 0 aromatic rings. The quantitative estimate of drug-likeness (QED) is 0.457. The Bertz CT molecular complexity index is 101. The van der Waals surface area contributed by atoms with E-state index in [4.69, 9.17) is 0 Å². The second-order valence-corrected chi connectivity index (χ2v) is 5.60. The van der Waals surface area contributed by atoms with E-state index in [0.29, 0.717) is 0 Å². The average molecular weight is 228 g/mol. The molecule has 100 valence electrons. The third-order valence-corrected chi connectivity index (χ3v) is 3.00. The van der Waals surface area contributed by atoms with E-state index in [-0.39, 0.29) is 0 Å². The molecule has 0 aliphatic rings. The van der Waals surface area contributed by atoms with E-state index in [1.54, 1.807) is 0 Å². The van der Waals surface area contributed by atoms with Crippen molar-refractivity contribution in [3.63, 3.8) is 0 Å². The number of rotatable bonds is 8. The Morgan fingerprint density at radius 1 is 0.625 bits per heavy atom. The summed E-state index contributed by atoms with van der Waals surface area (Å²) in [5.41, 5.74) is 0. The Balaban J connectivity index is 0. The lowest BCUT2D eigenvalue weighted by Gasteiger charge is -2.18. The van der Waals surface area contributed by atoms with Crippen LogP contribution in [0.1, 0.15) is 87.0 Å². The van der Waals surface area contributed by atoms with Crippen LogP contribution in [0, 0.1) is 17.8 Å². The predicted octanol–water partition coefficient (Wildman–Crippen LogP) is 6.30. The summed E-state index contributed by atoms with van der Waals surface area (Å²) < 4.78 is 0. The summed E-state index contributed by atoms with van der Waals surface area (Å²) in [7, 11) is 0. The van der Waals surface area contributed by atoms with Crippen molar-refractivity contribution in [2.24, 2.45) is 17.8 Å². The van der Waals surface area contributed by atoms with Crippen molar-refractivity contribution >= 4 is 0 Å². The minimum Gasteiger partial charge on any atom is -0.0683 e. The van der Waals surface area contributed by atoms with Crippen molar-refractivity contribution in [3.8, 4) is 0 Å². The minimum atomic E-state index is 0.883. The van der Waals surface area contributed by atoms with Crippen LogP contribution in [-0.4, -0.2) is 0 Å². The van der Waals surface area contributed by atoms with E-state index in [9.17, 15) is 0 Å². The first-order valence-electron chi connectivity index (χ1n) is 7.56. The summed E-state index contributed by atoms with van der Waals surface area (Å²) in [6.07, 6.45) is 8.56. The molecule has 0 aliphatic carbocycles. The average Bonchev–Trinajstić information content (AvgIpc) is 2.24. The maximum absolute atomic E-state index is 2.34. The van der Waals surface area contributed by atoms with Crippen molar-refractivity contribution in [2.75, 3.05) is 0 Å². The van der Waals surface area contributed by atoms with Gasteiger partial charge in [0.1, 0.15) is 0 Å². The summed E-state index contributed by atoms with van der Waals surface area (Å²) in [5, 5.41) is 0. The molecular formula is C16H36. The van der Waals surface area contributed by atoms with Gasteiger partial charge in [0.2, 0.25) is 0 Å². The molecule has 0 atom stereocenters. The third kappa shape index (κ3) is 14.0. The van der Waals surface area contributed by atoms with Gasteiger partial charge in [-0.3, -0.25) is 0 Å². The van der Waals surface area contributed by atoms with Gasteiger partial charge in [-0.1, -0.05) is 87.0 Å². The van der Waals surface area contributed by atoms with E-state index in [1.807, 2.05) is 13.8 Å². The molecule has 0 bridgehead atoms. The summed E-state index contributed by atoms with van der Waals surface area (Å²) in [6.45, 7) is 15.7. The van der Waals surface area contributed by atoms with Crippen LogP contribution in [0.3, 0.4) is 0 Å².